The number of Topliss-reactive ketones (excluding diaryl/α,β-unsaturated/α-hetero) is 1. The summed E-state index contributed by atoms with van der Waals surface area (Å²) in [4.78, 5) is 32.8. The zero-order valence-electron chi connectivity index (χ0n) is 13.9. The SMILES string of the molecule is Cc1cc(C)n2nc(C(=O)O[C@@H](C)C(=O)c3ccc(Cl)cc3)nc2n1. The second kappa shape index (κ2) is 6.60. The van der Waals surface area contributed by atoms with Crippen molar-refractivity contribution >= 4 is 29.1 Å². The third kappa shape index (κ3) is 3.51. The molecule has 2 heterocycles. The zero-order valence-corrected chi connectivity index (χ0v) is 14.6. The van der Waals surface area contributed by atoms with Crippen molar-refractivity contribution in [2.24, 2.45) is 0 Å². The average Bonchev–Trinajstić information content (AvgIpc) is 2.99. The number of nitrogens with zero attached hydrogens (tertiary/aromatic N) is 4. The number of esters is 1. The summed E-state index contributed by atoms with van der Waals surface area (Å²) in [6.07, 6.45) is -0.976. The van der Waals surface area contributed by atoms with Crippen LogP contribution in [0.15, 0.2) is 30.3 Å². The first kappa shape index (κ1) is 17.0. The number of carbonyl (C=O) groups is 2. The number of aryl methyl sites for hydroxylation is 2. The molecular formula is C17H15ClN4O3. The van der Waals surface area contributed by atoms with E-state index in [4.69, 9.17) is 16.3 Å². The molecule has 0 spiro atoms. The molecule has 2 aromatic heterocycles. The van der Waals surface area contributed by atoms with Crippen molar-refractivity contribution in [1.82, 2.24) is 19.6 Å². The lowest BCUT2D eigenvalue weighted by molar-refractivity contribution is 0.0307. The highest BCUT2D eigenvalue weighted by Crippen LogP contribution is 2.13. The Hall–Kier alpha value is -2.80. The Bertz CT molecular complexity index is 966. The maximum atomic E-state index is 12.3. The van der Waals surface area contributed by atoms with Crippen LogP contribution in [0.4, 0.5) is 0 Å². The van der Waals surface area contributed by atoms with Crippen molar-refractivity contribution in [3.63, 3.8) is 0 Å². The standard InChI is InChI=1S/C17H15ClN4O3/c1-9-8-10(2)22-17(19-9)20-15(21-22)16(24)25-11(3)14(23)12-4-6-13(18)7-5-12/h4-8,11H,1-3H3/t11-/m0/s1. The maximum Gasteiger partial charge on any atom is 0.379 e. The van der Waals surface area contributed by atoms with Crippen LogP contribution in [0.2, 0.25) is 5.02 Å². The minimum Gasteiger partial charge on any atom is -0.448 e. The molecule has 0 bridgehead atoms. The van der Waals surface area contributed by atoms with Gasteiger partial charge in [-0.1, -0.05) is 11.6 Å². The molecule has 128 valence electrons. The van der Waals surface area contributed by atoms with Gasteiger partial charge < -0.3 is 4.74 Å². The largest absolute Gasteiger partial charge is 0.448 e. The maximum absolute atomic E-state index is 12.3. The van der Waals surface area contributed by atoms with Crippen LogP contribution in [0, 0.1) is 13.8 Å². The Morgan fingerprint density at radius 1 is 1.16 bits per heavy atom. The summed E-state index contributed by atoms with van der Waals surface area (Å²) >= 11 is 5.80. The lowest BCUT2D eigenvalue weighted by Gasteiger charge is -2.10. The number of halogens is 1. The fourth-order valence-electron chi connectivity index (χ4n) is 2.37. The molecular weight excluding hydrogens is 344 g/mol. The van der Waals surface area contributed by atoms with E-state index >= 15 is 0 Å². The highest BCUT2D eigenvalue weighted by molar-refractivity contribution is 6.30. The zero-order chi connectivity index (χ0) is 18.1. The van der Waals surface area contributed by atoms with Crippen LogP contribution in [0.5, 0.6) is 0 Å². The van der Waals surface area contributed by atoms with Gasteiger partial charge in [-0.15, -0.1) is 5.10 Å². The number of ketones is 1. The Morgan fingerprint density at radius 3 is 2.52 bits per heavy atom. The number of hydrogen-bond donors (Lipinski definition) is 0. The predicted molar refractivity (Wildman–Crippen MR) is 90.9 cm³/mol. The second-order valence-corrected chi connectivity index (χ2v) is 6.04. The predicted octanol–water partition coefficient (Wildman–Crippen LogP) is 2.82. The molecule has 1 aromatic carbocycles. The molecule has 3 rings (SSSR count). The van der Waals surface area contributed by atoms with Gasteiger partial charge >= 0.3 is 5.97 Å². The van der Waals surface area contributed by atoms with Crippen LogP contribution in [-0.2, 0) is 4.74 Å². The molecule has 0 radical (unpaired) electrons. The summed E-state index contributed by atoms with van der Waals surface area (Å²) in [5.74, 6) is -0.950. The molecule has 7 nitrogen and oxygen atoms in total. The quantitative estimate of drug-likeness (QED) is 0.526. The molecule has 3 aromatic rings. The fraction of sp³-hybridized carbons (Fsp3) is 0.235. The van der Waals surface area contributed by atoms with Gasteiger partial charge in [-0.2, -0.15) is 4.98 Å². The van der Waals surface area contributed by atoms with Gasteiger partial charge in [-0.05, 0) is 51.1 Å². The second-order valence-electron chi connectivity index (χ2n) is 5.60. The van der Waals surface area contributed by atoms with E-state index in [9.17, 15) is 9.59 Å². The molecule has 0 N–H and O–H groups in total. The van der Waals surface area contributed by atoms with Crippen molar-refractivity contribution in [3.8, 4) is 0 Å². The van der Waals surface area contributed by atoms with E-state index in [1.807, 2.05) is 19.9 Å². The molecule has 0 aliphatic heterocycles. The van der Waals surface area contributed by atoms with Crippen molar-refractivity contribution in [2.45, 2.75) is 26.9 Å². The first-order chi connectivity index (χ1) is 11.8. The minimum absolute atomic E-state index is 0.142. The fourth-order valence-corrected chi connectivity index (χ4v) is 2.49. The van der Waals surface area contributed by atoms with E-state index in [1.165, 1.54) is 11.4 Å². The smallest absolute Gasteiger partial charge is 0.379 e. The van der Waals surface area contributed by atoms with Crippen LogP contribution in [0.3, 0.4) is 0 Å². The topological polar surface area (TPSA) is 86.5 Å². The number of hydrogen-bond acceptors (Lipinski definition) is 6. The van der Waals surface area contributed by atoms with E-state index in [0.29, 0.717) is 16.4 Å². The highest BCUT2D eigenvalue weighted by atomic mass is 35.5. The van der Waals surface area contributed by atoms with E-state index in [0.717, 1.165) is 11.4 Å². The first-order valence-corrected chi connectivity index (χ1v) is 7.95. The molecule has 0 fully saturated rings. The van der Waals surface area contributed by atoms with E-state index in [-0.39, 0.29) is 11.6 Å². The molecule has 0 amide bonds. The van der Waals surface area contributed by atoms with E-state index in [1.54, 1.807) is 24.3 Å². The van der Waals surface area contributed by atoms with Crippen molar-refractivity contribution in [3.05, 3.63) is 58.1 Å². The molecule has 25 heavy (non-hydrogen) atoms. The Balaban J connectivity index is 1.78. The Kier molecular flexibility index (Phi) is 4.50. The molecule has 0 saturated heterocycles. The van der Waals surface area contributed by atoms with Gasteiger partial charge in [-0.25, -0.2) is 14.3 Å². The van der Waals surface area contributed by atoms with Crippen LogP contribution in [0.25, 0.3) is 5.78 Å². The summed E-state index contributed by atoms with van der Waals surface area (Å²) in [6.45, 7) is 5.16. The number of ether oxygens (including phenoxy) is 1. The van der Waals surface area contributed by atoms with Gasteiger partial charge in [0.15, 0.2) is 6.10 Å². The highest BCUT2D eigenvalue weighted by Gasteiger charge is 2.23. The van der Waals surface area contributed by atoms with Gasteiger partial charge in [0.1, 0.15) is 0 Å². The van der Waals surface area contributed by atoms with E-state index in [2.05, 4.69) is 15.1 Å². The van der Waals surface area contributed by atoms with Gasteiger partial charge in [0.2, 0.25) is 5.78 Å². The van der Waals surface area contributed by atoms with Gasteiger partial charge in [0, 0.05) is 22.0 Å². The number of rotatable bonds is 4. The number of fused-ring (bicyclic) bond motifs is 1. The van der Waals surface area contributed by atoms with Gasteiger partial charge in [0.25, 0.3) is 11.6 Å². The molecule has 1 atom stereocenters. The Labute approximate surface area is 148 Å². The number of carbonyl (C=O) groups excluding carboxylic acids is 2. The summed E-state index contributed by atoms with van der Waals surface area (Å²) in [6, 6.07) is 8.18. The third-order valence-corrected chi connectivity index (χ3v) is 3.83. The van der Waals surface area contributed by atoms with Gasteiger partial charge in [0.05, 0.1) is 0 Å². The monoisotopic (exact) mass is 358 g/mol. The minimum atomic E-state index is -0.976. The Morgan fingerprint density at radius 2 is 1.84 bits per heavy atom. The normalized spacial score (nSPS) is 12.2. The van der Waals surface area contributed by atoms with Crippen LogP contribution in [-0.4, -0.2) is 37.4 Å². The van der Waals surface area contributed by atoms with Gasteiger partial charge in [-0.3, -0.25) is 4.79 Å². The van der Waals surface area contributed by atoms with Crippen molar-refractivity contribution in [2.75, 3.05) is 0 Å². The van der Waals surface area contributed by atoms with E-state index < -0.39 is 12.1 Å². The van der Waals surface area contributed by atoms with Crippen molar-refractivity contribution in [1.29, 1.82) is 0 Å². The summed E-state index contributed by atoms with van der Waals surface area (Å²) in [5, 5.41) is 4.61. The lowest BCUT2D eigenvalue weighted by atomic mass is 10.1. The number of benzene rings is 1. The molecule has 8 heteroatoms. The first-order valence-electron chi connectivity index (χ1n) is 7.57. The average molecular weight is 359 g/mol. The van der Waals surface area contributed by atoms with Crippen LogP contribution < -0.4 is 0 Å². The molecule has 0 saturated carbocycles. The summed E-state index contributed by atoms with van der Waals surface area (Å²) in [7, 11) is 0. The van der Waals surface area contributed by atoms with Crippen LogP contribution >= 0.6 is 11.6 Å². The summed E-state index contributed by atoms with van der Waals surface area (Å²) in [5.41, 5.74) is 1.96. The molecule has 0 aliphatic rings. The molecule has 0 aliphatic carbocycles. The number of aromatic nitrogens is 4. The summed E-state index contributed by atoms with van der Waals surface area (Å²) < 4.78 is 6.65. The van der Waals surface area contributed by atoms with Crippen LogP contribution in [0.1, 0.15) is 39.3 Å². The third-order valence-electron chi connectivity index (χ3n) is 3.58. The molecule has 0 unspecified atom stereocenters. The lowest BCUT2D eigenvalue weighted by Crippen LogP contribution is -2.25. The van der Waals surface area contributed by atoms with Crippen molar-refractivity contribution < 1.29 is 14.3 Å².